The van der Waals surface area contributed by atoms with Gasteiger partial charge in [0.2, 0.25) is 5.91 Å². The minimum Gasteiger partial charge on any atom is -0.493 e. The minimum absolute atomic E-state index is 0.160. The standard InChI is InChI=1S/C20H24ClNO5/c1-4-26-20-17(21)12-15(13-18(20)25-3)7-8-19(23)22(9-11-24-2)14-16-6-5-10-27-16/h5-8,10,12-13H,4,9,11,14H2,1-3H3/b8-7+. The van der Waals surface area contributed by atoms with Crippen LogP contribution in [0, 0.1) is 0 Å². The SMILES string of the molecule is CCOc1c(Cl)cc(/C=C/C(=O)N(CCOC)Cc2ccco2)cc1OC. The van der Waals surface area contributed by atoms with E-state index >= 15 is 0 Å². The van der Waals surface area contributed by atoms with Gasteiger partial charge in [0, 0.05) is 19.7 Å². The van der Waals surface area contributed by atoms with Gasteiger partial charge in [0.05, 0.1) is 38.2 Å². The van der Waals surface area contributed by atoms with Gasteiger partial charge in [-0.25, -0.2) is 0 Å². The summed E-state index contributed by atoms with van der Waals surface area (Å²) in [6.45, 7) is 3.60. The number of nitrogens with zero attached hydrogens (tertiary/aromatic N) is 1. The predicted octanol–water partition coefficient (Wildman–Crippen LogP) is 4.03. The molecule has 0 spiro atoms. The third-order valence-electron chi connectivity index (χ3n) is 3.76. The molecule has 2 rings (SSSR count). The summed E-state index contributed by atoms with van der Waals surface area (Å²) >= 11 is 6.27. The molecule has 1 aromatic carbocycles. The lowest BCUT2D eigenvalue weighted by molar-refractivity contribution is -0.127. The fourth-order valence-corrected chi connectivity index (χ4v) is 2.73. The lowest BCUT2D eigenvalue weighted by atomic mass is 10.1. The number of hydrogen-bond donors (Lipinski definition) is 0. The quantitative estimate of drug-likeness (QED) is 0.570. The fourth-order valence-electron chi connectivity index (χ4n) is 2.45. The summed E-state index contributed by atoms with van der Waals surface area (Å²) in [6, 6.07) is 7.11. The van der Waals surface area contributed by atoms with Crippen LogP contribution in [-0.2, 0) is 16.1 Å². The van der Waals surface area contributed by atoms with Crippen molar-refractivity contribution < 1.29 is 23.4 Å². The molecule has 0 aliphatic carbocycles. The molecule has 146 valence electrons. The molecule has 0 atom stereocenters. The molecule has 0 aliphatic heterocycles. The molecular weight excluding hydrogens is 370 g/mol. The second-order valence-corrected chi connectivity index (χ2v) is 6.04. The van der Waals surface area contributed by atoms with Gasteiger partial charge in [-0.05, 0) is 42.8 Å². The van der Waals surface area contributed by atoms with Crippen molar-refractivity contribution in [1.82, 2.24) is 4.90 Å². The van der Waals surface area contributed by atoms with E-state index in [1.54, 1.807) is 49.7 Å². The van der Waals surface area contributed by atoms with E-state index in [0.29, 0.717) is 48.6 Å². The summed E-state index contributed by atoms with van der Waals surface area (Å²) in [5.41, 5.74) is 0.735. The maximum atomic E-state index is 12.6. The number of carbonyl (C=O) groups is 1. The van der Waals surface area contributed by atoms with Crippen molar-refractivity contribution in [1.29, 1.82) is 0 Å². The highest BCUT2D eigenvalue weighted by atomic mass is 35.5. The molecular formula is C20H24ClNO5. The van der Waals surface area contributed by atoms with Gasteiger partial charge in [0.1, 0.15) is 5.76 Å². The van der Waals surface area contributed by atoms with Gasteiger partial charge in [0.15, 0.2) is 11.5 Å². The van der Waals surface area contributed by atoms with Crippen molar-refractivity contribution in [2.45, 2.75) is 13.5 Å². The van der Waals surface area contributed by atoms with Crippen molar-refractivity contribution in [2.24, 2.45) is 0 Å². The molecule has 0 N–H and O–H groups in total. The number of ether oxygens (including phenoxy) is 3. The Hall–Kier alpha value is -2.44. The van der Waals surface area contributed by atoms with Gasteiger partial charge in [-0.15, -0.1) is 0 Å². The smallest absolute Gasteiger partial charge is 0.247 e. The predicted molar refractivity (Wildman–Crippen MR) is 104 cm³/mol. The van der Waals surface area contributed by atoms with Gasteiger partial charge in [-0.2, -0.15) is 0 Å². The van der Waals surface area contributed by atoms with Crippen LogP contribution < -0.4 is 9.47 Å². The Balaban J connectivity index is 2.15. The first kappa shape index (κ1) is 20.9. The molecule has 0 unspecified atom stereocenters. The number of benzene rings is 1. The number of hydrogen-bond acceptors (Lipinski definition) is 5. The van der Waals surface area contributed by atoms with Crippen LogP contribution in [0.25, 0.3) is 6.08 Å². The Labute approximate surface area is 164 Å². The lowest BCUT2D eigenvalue weighted by Gasteiger charge is -2.19. The van der Waals surface area contributed by atoms with Gasteiger partial charge >= 0.3 is 0 Å². The normalized spacial score (nSPS) is 11.0. The molecule has 1 amide bonds. The summed E-state index contributed by atoms with van der Waals surface area (Å²) in [5, 5.41) is 0.426. The Bertz CT molecular complexity index is 758. The first-order valence-corrected chi connectivity index (χ1v) is 8.95. The highest BCUT2D eigenvalue weighted by molar-refractivity contribution is 6.32. The molecule has 0 aliphatic rings. The van der Waals surface area contributed by atoms with Crippen LogP contribution in [0.2, 0.25) is 5.02 Å². The molecule has 1 heterocycles. The second-order valence-electron chi connectivity index (χ2n) is 5.63. The maximum Gasteiger partial charge on any atom is 0.247 e. The summed E-state index contributed by atoms with van der Waals surface area (Å²) in [6.07, 6.45) is 4.76. The highest BCUT2D eigenvalue weighted by Gasteiger charge is 2.14. The highest BCUT2D eigenvalue weighted by Crippen LogP contribution is 2.36. The van der Waals surface area contributed by atoms with Crippen molar-refractivity contribution in [3.05, 3.63) is 53.0 Å². The van der Waals surface area contributed by atoms with Crippen LogP contribution in [0.4, 0.5) is 0 Å². The number of carbonyl (C=O) groups excluding carboxylic acids is 1. The van der Waals surface area contributed by atoms with Crippen molar-refractivity contribution in [2.75, 3.05) is 34.0 Å². The van der Waals surface area contributed by atoms with E-state index in [4.69, 9.17) is 30.2 Å². The van der Waals surface area contributed by atoms with Crippen molar-refractivity contribution in [3.8, 4) is 11.5 Å². The Morgan fingerprint density at radius 2 is 2.15 bits per heavy atom. The van der Waals surface area contributed by atoms with Crippen LogP contribution >= 0.6 is 11.6 Å². The zero-order valence-electron chi connectivity index (χ0n) is 15.7. The van der Waals surface area contributed by atoms with E-state index < -0.39 is 0 Å². The molecule has 0 saturated carbocycles. The molecule has 0 saturated heterocycles. The molecule has 27 heavy (non-hydrogen) atoms. The summed E-state index contributed by atoms with van der Waals surface area (Å²) < 4.78 is 21.3. The molecule has 6 nitrogen and oxygen atoms in total. The van der Waals surface area contributed by atoms with E-state index in [1.165, 1.54) is 6.08 Å². The maximum absolute atomic E-state index is 12.6. The number of halogens is 1. The zero-order chi connectivity index (χ0) is 19.6. The molecule has 7 heteroatoms. The fraction of sp³-hybridized carbons (Fsp3) is 0.350. The molecule has 0 fully saturated rings. The minimum atomic E-state index is -0.160. The van der Waals surface area contributed by atoms with Gasteiger partial charge in [-0.1, -0.05) is 11.6 Å². The topological polar surface area (TPSA) is 61.1 Å². The summed E-state index contributed by atoms with van der Waals surface area (Å²) in [4.78, 5) is 14.3. The first-order valence-electron chi connectivity index (χ1n) is 8.57. The number of rotatable bonds is 10. The van der Waals surface area contributed by atoms with E-state index in [9.17, 15) is 4.79 Å². The van der Waals surface area contributed by atoms with Crippen molar-refractivity contribution in [3.63, 3.8) is 0 Å². The van der Waals surface area contributed by atoms with Crippen LogP contribution in [0.3, 0.4) is 0 Å². The lowest BCUT2D eigenvalue weighted by Crippen LogP contribution is -2.31. The van der Waals surface area contributed by atoms with Crippen LogP contribution in [0.5, 0.6) is 11.5 Å². The molecule has 2 aromatic rings. The van der Waals surface area contributed by atoms with Crippen LogP contribution in [0.15, 0.2) is 41.0 Å². The van der Waals surface area contributed by atoms with E-state index in [0.717, 1.165) is 5.56 Å². The number of furan rings is 1. The monoisotopic (exact) mass is 393 g/mol. The Kier molecular flexibility index (Phi) is 8.23. The van der Waals surface area contributed by atoms with Gasteiger partial charge in [-0.3, -0.25) is 4.79 Å². The van der Waals surface area contributed by atoms with Gasteiger partial charge in [0.25, 0.3) is 0 Å². The second kappa shape index (κ2) is 10.6. The third kappa shape index (κ3) is 6.05. The Morgan fingerprint density at radius 3 is 2.78 bits per heavy atom. The number of amides is 1. The molecule has 0 bridgehead atoms. The van der Waals surface area contributed by atoms with E-state index in [-0.39, 0.29) is 5.91 Å². The zero-order valence-corrected chi connectivity index (χ0v) is 16.5. The molecule has 1 aromatic heterocycles. The largest absolute Gasteiger partial charge is 0.493 e. The first-order chi connectivity index (χ1) is 13.1. The average molecular weight is 394 g/mol. The molecule has 0 radical (unpaired) electrons. The Morgan fingerprint density at radius 1 is 1.33 bits per heavy atom. The number of methoxy groups -OCH3 is 2. The van der Waals surface area contributed by atoms with E-state index in [1.807, 2.05) is 13.0 Å². The average Bonchev–Trinajstić information content (AvgIpc) is 3.18. The van der Waals surface area contributed by atoms with Crippen LogP contribution in [-0.4, -0.2) is 44.8 Å². The van der Waals surface area contributed by atoms with Crippen LogP contribution in [0.1, 0.15) is 18.2 Å². The van der Waals surface area contributed by atoms with E-state index in [2.05, 4.69) is 0 Å². The summed E-state index contributed by atoms with van der Waals surface area (Å²) in [7, 11) is 3.14. The summed E-state index contributed by atoms with van der Waals surface area (Å²) in [5.74, 6) is 1.55. The van der Waals surface area contributed by atoms with Gasteiger partial charge < -0.3 is 23.5 Å². The van der Waals surface area contributed by atoms with Crippen molar-refractivity contribution >= 4 is 23.6 Å². The third-order valence-corrected chi connectivity index (χ3v) is 4.04.